The molecule has 0 aromatic carbocycles. The van der Waals surface area contributed by atoms with Crippen LogP contribution < -0.4 is 10.5 Å². The molecule has 5 heteroatoms. The van der Waals surface area contributed by atoms with Crippen LogP contribution in [0.25, 0.3) is 11.4 Å². The van der Waals surface area contributed by atoms with Crippen LogP contribution in [0.5, 0.6) is 5.88 Å². The molecule has 0 aliphatic heterocycles. The van der Waals surface area contributed by atoms with Crippen LogP contribution in [0.15, 0.2) is 36.8 Å². The molecule has 1 aliphatic rings. The van der Waals surface area contributed by atoms with Gasteiger partial charge in [-0.25, -0.2) is 4.98 Å². The molecular formula is C15H18N4O. The number of hydrogen-bond acceptors (Lipinski definition) is 5. The Morgan fingerprint density at radius 2 is 1.75 bits per heavy atom. The molecule has 5 nitrogen and oxygen atoms in total. The van der Waals surface area contributed by atoms with Gasteiger partial charge in [-0.05, 0) is 37.8 Å². The van der Waals surface area contributed by atoms with Gasteiger partial charge < -0.3 is 10.5 Å². The second-order valence-electron chi connectivity index (χ2n) is 5.11. The minimum Gasteiger partial charge on any atom is -0.474 e. The van der Waals surface area contributed by atoms with E-state index >= 15 is 0 Å². The van der Waals surface area contributed by atoms with Crippen molar-refractivity contribution in [1.29, 1.82) is 0 Å². The first kappa shape index (κ1) is 13.0. The van der Waals surface area contributed by atoms with E-state index < -0.39 is 0 Å². The zero-order valence-corrected chi connectivity index (χ0v) is 11.3. The minimum absolute atomic E-state index is 0.218. The van der Waals surface area contributed by atoms with Crippen molar-refractivity contribution in [2.24, 2.45) is 5.73 Å². The highest BCUT2D eigenvalue weighted by molar-refractivity contribution is 5.53. The average molecular weight is 270 g/mol. The van der Waals surface area contributed by atoms with Crippen LogP contribution in [0.1, 0.15) is 25.7 Å². The first-order valence-electron chi connectivity index (χ1n) is 6.97. The number of pyridine rings is 1. The van der Waals surface area contributed by atoms with Gasteiger partial charge in [0.1, 0.15) is 6.10 Å². The molecule has 0 bridgehead atoms. The zero-order valence-electron chi connectivity index (χ0n) is 11.3. The molecule has 104 valence electrons. The maximum Gasteiger partial charge on any atom is 0.217 e. The molecular weight excluding hydrogens is 252 g/mol. The van der Waals surface area contributed by atoms with Gasteiger partial charge in [0.05, 0.1) is 0 Å². The van der Waals surface area contributed by atoms with Gasteiger partial charge in [-0.2, -0.15) is 4.98 Å². The van der Waals surface area contributed by atoms with Gasteiger partial charge in [-0.1, -0.05) is 0 Å². The third-order valence-corrected chi connectivity index (χ3v) is 3.57. The normalized spacial score (nSPS) is 22.4. The number of nitrogens with zero attached hydrogens (tertiary/aromatic N) is 3. The van der Waals surface area contributed by atoms with Gasteiger partial charge in [0.2, 0.25) is 5.88 Å². The monoisotopic (exact) mass is 270 g/mol. The SMILES string of the molecule is N[C@H]1CC[C@H](Oc2ccnc(-c3ccncc3)n2)CC1. The number of hydrogen-bond donors (Lipinski definition) is 1. The summed E-state index contributed by atoms with van der Waals surface area (Å²) in [6.07, 6.45) is 9.44. The Morgan fingerprint density at radius 1 is 1.00 bits per heavy atom. The summed E-state index contributed by atoms with van der Waals surface area (Å²) in [5.41, 5.74) is 6.84. The fourth-order valence-electron chi connectivity index (χ4n) is 2.43. The molecule has 20 heavy (non-hydrogen) atoms. The lowest BCUT2D eigenvalue weighted by atomic mass is 9.94. The van der Waals surface area contributed by atoms with Gasteiger partial charge in [-0.15, -0.1) is 0 Å². The Labute approximate surface area is 118 Å². The maximum atomic E-state index is 5.94. The van der Waals surface area contributed by atoms with Crippen molar-refractivity contribution >= 4 is 0 Å². The number of aromatic nitrogens is 3. The quantitative estimate of drug-likeness (QED) is 0.925. The fraction of sp³-hybridized carbons (Fsp3) is 0.400. The minimum atomic E-state index is 0.218. The summed E-state index contributed by atoms with van der Waals surface area (Å²) < 4.78 is 5.94. The van der Waals surface area contributed by atoms with E-state index in [2.05, 4.69) is 15.0 Å². The van der Waals surface area contributed by atoms with E-state index in [0.29, 0.717) is 17.7 Å². The van der Waals surface area contributed by atoms with Crippen LogP contribution in [-0.2, 0) is 0 Å². The summed E-state index contributed by atoms with van der Waals surface area (Å²) in [6.45, 7) is 0. The highest BCUT2D eigenvalue weighted by Crippen LogP contribution is 2.23. The second kappa shape index (κ2) is 5.96. The smallest absolute Gasteiger partial charge is 0.217 e. The van der Waals surface area contributed by atoms with E-state index in [4.69, 9.17) is 10.5 Å². The zero-order chi connectivity index (χ0) is 13.8. The van der Waals surface area contributed by atoms with E-state index in [1.165, 1.54) is 0 Å². The molecule has 0 unspecified atom stereocenters. The van der Waals surface area contributed by atoms with E-state index in [9.17, 15) is 0 Å². The lowest BCUT2D eigenvalue weighted by Crippen LogP contribution is -2.31. The van der Waals surface area contributed by atoms with Crippen LogP contribution >= 0.6 is 0 Å². The van der Waals surface area contributed by atoms with Crippen LogP contribution in [0, 0.1) is 0 Å². The summed E-state index contributed by atoms with van der Waals surface area (Å²) in [6, 6.07) is 5.91. The van der Waals surface area contributed by atoms with Gasteiger partial charge in [-0.3, -0.25) is 4.98 Å². The molecule has 2 aromatic heterocycles. The Hall–Kier alpha value is -2.01. The fourth-order valence-corrected chi connectivity index (χ4v) is 2.43. The highest BCUT2D eigenvalue weighted by Gasteiger charge is 2.20. The predicted octanol–water partition coefficient (Wildman–Crippen LogP) is 2.19. The summed E-state index contributed by atoms with van der Waals surface area (Å²) in [5.74, 6) is 1.30. The van der Waals surface area contributed by atoms with Gasteiger partial charge in [0.25, 0.3) is 0 Å². The topological polar surface area (TPSA) is 73.9 Å². The van der Waals surface area contributed by atoms with Crippen molar-refractivity contribution in [3.05, 3.63) is 36.8 Å². The lowest BCUT2D eigenvalue weighted by Gasteiger charge is -2.26. The van der Waals surface area contributed by atoms with Crippen molar-refractivity contribution in [3.63, 3.8) is 0 Å². The third-order valence-electron chi connectivity index (χ3n) is 3.57. The molecule has 0 radical (unpaired) electrons. The van der Waals surface area contributed by atoms with Crippen LogP contribution in [0.4, 0.5) is 0 Å². The summed E-state index contributed by atoms with van der Waals surface area (Å²) >= 11 is 0. The largest absolute Gasteiger partial charge is 0.474 e. The van der Waals surface area contributed by atoms with Crippen molar-refractivity contribution in [1.82, 2.24) is 15.0 Å². The summed E-state index contributed by atoms with van der Waals surface area (Å²) in [4.78, 5) is 12.7. The molecule has 1 aliphatic carbocycles. The van der Waals surface area contributed by atoms with Crippen molar-refractivity contribution in [2.75, 3.05) is 0 Å². The van der Waals surface area contributed by atoms with Gasteiger partial charge in [0.15, 0.2) is 5.82 Å². The molecule has 2 N–H and O–H groups in total. The Kier molecular flexibility index (Phi) is 3.87. The van der Waals surface area contributed by atoms with Crippen LogP contribution in [0.2, 0.25) is 0 Å². The first-order chi connectivity index (χ1) is 9.81. The Bertz CT molecular complexity index is 553. The number of ether oxygens (including phenoxy) is 1. The molecule has 0 spiro atoms. The summed E-state index contributed by atoms with van der Waals surface area (Å²) in [5, 5.41) is 0. The molecule has 2 heterocycles. The Morgan fingerprint density at radius 3 is 2.50 bits per heavy atom. The summed E-state index contributed by atoms with van der Waals surface area (Å²) in [7, 11) is 0. The van der Waals surface area contributed by atoms with Crippen LogP contribution in [0.3, 0.4) is 0 Å². The molecule has 0 atom stereocenters. The van der Waals surface area contributed by atoms with Crippen molar-refractivity contribution in [3.8, 4) is 17.3 Å². The second-order valence-corrected chi connectivity index (χ2v) is 5.11. The van der Waals surface area contributed by atoms with E-state index in [1.54, 1.807) is 24.7 Å². The molecule has 0 amide bonds. The maximum absolute atomic E-state index is 5.94. The predicted molar refractivity (Wildman–Crippen MR) is 76.1 cm³/mol. The molecule has 0 saturated heterocycles. The van der Waals surface area contributed by atoms with E-state index in [1.807, 2.05) is 12.1 Å². The average Bonchev–Trinajstić information content (AvgIpc) is 2.51. The Balaban J connectivity index is 1.72. The molecule has 1 fully saturated rings. The number of rotatable bonds is 3. The third kappa shape index (κ3) is 3.11. The molecule has 1 saturated carbocycles. The number of nitrogens with two attached hydrogens (primary N) is 1. The standard InChI is InChI=1S/C15H18N4O/c16-12-1-3-13(4-2-12)20-14-7-10-18-15(19-14)11-5-8-17-9-6-11/h5-10,12-13H,1-4,16H2/t12-,13-. The van der Waals surface area contributed by atoms with Gasteiger partial charge >= 0.3 is 0 Å². The van der Waals surface area contributed by atoms with Crippen molar-refractivity contribution < 1.29 is 4.74 Å². The van der Waals surface area contributed by atoms with E-state index in [0.717, 1.165) is 31.2 Å². The van der Waals surface area contributed by atoms with Crippen LogP contribution in [-0.4, -0.2) is 27.1 Å². The lowest BCUT2D eigenvalue weighted by molar-refractivity contribution is 0.141. The van der Waals surface area contributed by atoms with Crippen molar-refractivity contribution in [2.45, 2.75) is 37.8 Å². The first-order valence-corrected chi connectivity index (χ1v) is 6.97. The molecule has 3 rings (SSSR count). The highest BCUT2D eigenvalue weighted by atomic mass is 16.5. The van der Waals surface area contributed by atoms with Gasteiger partial charge in [0, 0.05) is 36.3 Å². The van der Waals surface area contributed by atoms with E-state index in [-0.39, 0.29) is 6.10 Å². The molecule has 2 aromatic rings.